The van der Waals surface area contributed by atoms with Gasteiger partial charge >= 0.3 is 0 Å². The second-order valence-corrected chi connectivity index (χ2v) is 9.92. The van der Waals surface area contributed by atoms with Gasteiger partial charge in [0, 0.05) is 29.8 Å². The molecule has 0 saturated carbocycles. The van der Waals surface area contributed by atoms with Gasteiger partial charge in [0.15, 0.2) is 0 Å². The molecule has 1 aliphatic carbocycles. The third-order valence-corrected chi connectivity index (χ3v) is 7.87. The quantitative estimate of drug-likeness (QED) is 0.482. The zero-order valence-electron chi connectivity index (χ0n) is 17.5. The SMILES string of the molecule is O=C(NN=C1c2ccccc2-c2ccccc21)c1cccc(S(=O)(=O)N2CCCCC2)c1. The topological polar surface area (TPSA) is 78.8 Å². The van der Waals surface area contributed by atoms with Crippen molar-refractivity contribution in [2.45, 2.75) is 24.2 Å². The lowest BCUT2D eigenvalue weighted by molar-refractivity contribution is 0.0954. The highest BCUT2D eigenvalue weighted by atomic mass is 32.2. The Balaban J connectivity index is 1.42. The van der Waals surface area contributed by atoms with E-state index in [-0.39, 0.29) is 10.5 Å². The first-order chi connectivity index (χ1) is 15.6. The Labute approximate surface area is 187 Å². The maximum absolute atomic E-state index is 13.0. The molecule has 0 spiro atoms. The number of hydrogen-bond donors (Lipinski definition) is 1. The van der Waals surface area contributed by atoms with Crippen molar-refractivity contribution in [3.8, 4) is 11.1 Å². The van der Waals surface area contributed by atoms with Gasteiger partial charge in [0.05, 0.1) is 10.6 Å². The molecule has 0 aromatic heterocycles. The van der Waals surface area contributed by atoms with E-state index in [1.54, 1.807) is 12.1 Å². The molecule has 6 nitrogen and oxygen atoms in total. The lowest BCUT2D eigenvalue weighted by atomic mass is 10.1. The normalized spacial score (nSPS) is 15.7. The second-order valence-electron chi connectivity index (χ2n) is 7.99. The fourth-order valence-corrected chi connectivity index (χ4v) is 5.90. The van der Waals surface area contributed by atoms with Gasteiger partial charge in [-0.1, -0.05) is 61.0 Å². The minimum Gasteiger partial charge on any atom is -0.267 e. The van der Waals surface area contributed by atoms with Crippen molar-refractivity contribution < 1.29 is 13.2 Å². The number of hydrazone groups is 1. The standard InChI is InChI=1S/C25H23N3O3S/c29-25(18-9-8-10-19(17-18)32(30,31)28-15-6-1-7-16-28)27-26-24-22-13-4-2-11-20(22)21-12-3-5-14-23(21)24/h2-5,8-14,17H,1,6-7,15-16H2,(H,27,29). The van der Waals surface area contributed by atoms with Gasteiger partial charge in [-0.05, 0) is 42.2 Å². The zero-order valence-corrected chi connectivity index (χ0v) is 18.3. The first-order valence-corrected chi connectivity index (χ1v) is 12.2. The van der Waals surface area contributed by atoms with Gasteiger partial charge in [0.1, 0.15) is 0 Å². The molecular weight excluding hydrogens is 422 g/mol. The summed E-state index contributed by atoms with van der Waals surface area (Å²) in [4.78, 5) is 13.0. The van der Waals surface area contributed by atoms with E-state index >= 15 is 0 Å². The highest BCUT2D eigenvalue weighted by Gasteiger charge is 2.27. The summed E-state index contributed by atoms with van der Waals surface area (Å²) in [6.45, 7) is 1.04. The van der Waals surface area contributed by atoms with E-state index in [9.17, 15) is 13.2 Å². The van der Waals surface area contributed by atoms with Crippen molar-refractivity contribution in [3.05, 3.63) is 89.5 Å². The zero-order chi connectivity index (χ0) is 22.1. The molecule has 162 valence electrons. The van der Waals surface area contributed by atoms with Gasteiger partial charge in [-0.15, -0.1) is 0 Å². The van der Waals surface area contributed by atoms with Gasteiger partial charge in [0.25, 0.3) is 5.91 Å². The van der Waals surface area contributed by atoms with Crippen LogP contribution >= 0.6 is 0 Å². The monoisotopic (exact) mass is 445 g/mol. The molecule has 3 aromatic carbocycles. The highest BCUT2D eigenvalue weighted by molar-refractivity contribution is 7.89. The number of fused-ring (bicyclic) bond motifs is 3. The Hall–Kier alpha value is -3.29. The molecule has 1 heterocycles. The van der Waals surface area contributed by atoms with Gasteiger partial charge in [0.2, 0.25) is 10.0 Å². The lowest BCUT2D eigenvalue weighted by Gasteiger charge is -2.25. The fourth-order valence-electron chi connectivity index (χ4n) is 4.34. The number of carbonyl (C=O) groups excluding carboxylic acids is 1. The first kappa shape index (κ1) is 20.6. The Morgan fingerprint density at radius 1 is 0.781 bits per heavy atom. The fraction of sp³-hybridized carbons (Fsp3) is 0.200. The third kappa shape index (κ3) is 3.63. The summed E-state index contributed by atoms with van der Waals surface area (Å²) in [6, 6.07) is 22.0. The minimum absolute atomic E-state index is 0.135. The maximum atomic E-state index is 13.0. The minimum atomic E-state index is -3.61. The number of hydrogen-bond acceptors (Lipinski definition) is 4. The number of benzene rings is 3. The van der Waals surface area contributed by atoms with E-state index in [0.717, 1.165) is 41.5 Å². The van der Waals surface area contributed by atoms with Crippen LogP contribution in [0.5, 0.6) is 0 Å². The Morgan fingerprint density at radius 3 is 2.00 bits per heavy atom. The summed E-state index contributed by atoms with van der Waals surface area (Å²) in [5.74, 6) is -0.449. The number of sulfonamides is 1. The van der Waals surface area contributed by atoms with Crippen molar-refractivity contribution in [2.75, 3.05) is 13.1 Å². The number of piperidine rings is 1. The maximum Gasteiger partial charge on any atom is 0.271 e. The Bertz CT molecular complexity index is 1280. The first-order valence-electron chi connectivity index (χ1n) is 10.7. The van der Waals surface area contributed by atoms with Crippen LogP contribution in [0.3, 0.4) is 0 Å². The summed E-state index contributed by atoms with van der Waals surface area (Å²) >= 11 is 0. The number of carbonyl (C=O) groups is 1. The molecule has 0 unspecified atom stereocenters. The molecule has 3 aromatic rings. The molecule has 5 rings (SSSR count). The second kappa shape index (κ2) is 8.33. The number of rotatable bonds is 4. The summed E-state index contributed by atoms with van der Waals surface area (Å²) in [5.41, 5.74) is 7.63. The molecule has 0 bridgehead atoms. The third-order valence-electron chi connectivity index (χ3n) is 5.97. The van der Waals surface area contributed by atoms with E-state index in [1.807, 2.05) is 48.5 Å². The molecule has 1 fully saturated rings. The average molecular weight is 446 g/mol. The van der Waals surface area contributed by atoms with E-state index < -0.39 is 15.9 Å². The van der Waals surface area contributed by atoms with Crippen LogP contribution in [0.25, 0.3) is 11.1 Å². The smallest absolute Gasteiger partial charge is 0.267 e. The van der Waals surface area contributed by atoms with Crippen LogP contribution in [-0.2, 0) is 10.0 Å². The highest BCUT2D eigenvalue weighted by Crippen LogP contribution is 2.36. The lowest BCUT2D eigenvalue weighted by Crippen LogP contribution is -2.35. The summed E-state index contributed by atoms with van der Waals surface area (Å²) in [5, 5.41) is 4.42. The average Bonchev–Trinajstić information content (AvgIpc) is 3.17. The van der Waals surface area contributed by atoms with Gasteiger partial charge < -0.3 is 0 Å². The number of nitrogens with one attached hydrogen (secondary N) is 1. The molecule has 1 aliphatic heterocycles. The van der Waals surface area contributed by atoms with E-state index in [0.29, 0.717) is 18.8 Å². The van der Waals surface area contributed by atoms with Crippen molar-refractivity contribution >= 4 is 21.6 Å². The molecule has 32 heavy (non-hydrogen) atoms. The summed E-state index contributed by atoms with van der Waals surface area (Å²) in [7, 11) is -3.61. The van der Waals surface area contributed by atoms with E-state index in [1.165, 1.54) is 16.4 Å². The molecule has 1 saturated heterocycles. The van der Waals surface area contributed by atoms with Crippen LogP contribution in [0.15, 0.2) is 82.8 Å². The largest absolute Gasteiger partial charge is 0.271 e. The Morgan fingerprint density at radius 2 is 1.38 bits per heavy atom. The molecule has 0 atom stereocenters. The Kier molecular flexibility index (Phi) is 5.36. The molecular formula is C25H23N3O3S. The van der Waals surface area contributed by atoms with Gasteiger partial charge in [-0.3, -0.25) is 4.79 Å². The predicted octanol–water partition coefficient (Wildman–Crippen LogP) is 4.02. The summed E-state index contributed by atoms with van der Waals surface area (Å²) < 4.78 is 27.4. The van der Waals surface area contributed by atoms with E-state index in [4.69, 9.17) is 0 Å². The molecule has 7 heteroatoms. The molecule has 2 aliphatic rings. The summed E-state index contributed by atoms with van der Waals surface area (Å²) in [6.07, 6.45) is 2.76. The molecule has 1 amide bonds. The van der Waals surface area contributed by atoms with Gasteiger partial charge in [-0.25, -0.2) is 13.8 Å². The molecule has 1 N–H and O–H groups in total. The number of nitrogens with zero attached hydrogens (tertiary/aromatic N) is 2. The van der Waals surface area contributed by atoms with Gasteiger partial charge in [-0.2, -0.15) is 9.41 Å². The van der Waals surface area contributed by atoms with Crippen LogP contribution in [0.1, 0.15) is 40.7 Å². The van der Waals surface area contributed by atoms with Crippen molar-refractivity contribution in [1.82, 2.24) is 9.73 Å². The van der Waals surface area contributed by atoms with Crippen LogP contribution in [0.2, 0.25) is 0 Å². The molecule has 0 radical (unpaired) electrons. The van der Waals surface area contributed by atoms with Crippen molar-refractivity contribution in [2.24, 2.45) is 5.10 Å². The van der Waals surface area contributed by atoms with E-state index in [2.05, 4.69) is 10.5 Å². The number of amides is 1. The van der Waals surface area contributed by atoms with Crippen LogP contribution in [0.4, 0.5) is 0 Å². The van der Waals surface area contributed by atoms with Crippen molar-refractivity contribution in [1.29, 1.82) is 0 Å². The van der Waals surface area contributed by atoms with Crippen LogP contribution < -0.4 is 5.43 Å². The van der Waals surface area contributed by atoms with Crippen LogP contribution in [0, 0.1) is 0 Å². The van der Waals surface area contributed by atoms with Crippen LogP contribution in [-0.4, -0.2) is 37.4 Å². The predicted molar refractivity (Wildman–Crippen MR) is 124 cm³/mol. The van der Waals surface area contributed by atoms with Crippen molar-refractivity contribution in [3.63, 3.8) is 0 Å².